The van der Waals surface area contributed by atoms with Crippen LogP contribution >= 0.6 is 0 Å². The maximum atomic E-state index is 5.99. The first-order valence-corrected chi connectivity index (χ1v) is 7.08. The molecule has 1 aliphatic carbocycles. The standard InChI is InChI=1S/C16H20N4/c1-10-3-2-4-11(7-10)8-12-5-6-14-13(9-12)15(17)20-16(18)19-14/h2-4,7,12H,5-6,8-9H2,1H3,(H4,17,18,19,20)/t12-/m1/s1. The van der Waals surface area contributed by atoms with E-state index in [4.69, 9.17) is 11.5 Å². The van der Waals surface area contributed by atoms with E-state index in [1.807, 2.05) is 0 Å². The van der Waals surface area contributed by atoms with E-state index in [0.717, 1.165) is 36.9 Å². The van der Waals surface area contributed by atoms with E-state index in [9.17, 15) is 0 Å². The first-order valence-electron chi connectivity index (χ1n) is 7.08. The van der Waals surface area contributed by atoms with Crippen molar-refractivity contribution in [2.45, 2.75) is 32.6 Å². The molecule has 1 aliphatic rings. The van der Waals surface area contributed by atoms with Gasteiger partial charge in [0.15, 0.2) is 0 Å². The molecule has 0 saturated heterocycles. The van der Waals surface area contributed by atoms with Gasteiger partial charge in [0.05, 0.1) is 5.69 Å². The molecule has 0 aliphatic heterocycles. The number of fused-ring (bicyclic) bond motifs is 1. The minimum absolute atomic E-state index is 0.290. The van der Waals surface area contributed by atoms with Crippen molar-refractivity contribution >= 4 is 11.8 Å². The van der Waals surface area contributed by atoms with Gasteiger partial charge in [-0.2, -0.15) is 4.98 Å². The van der Waals surface area contributed by atoms with Crippen molar-refractivity contribution in [2.24, 2.45) is 5.92 Å². The number of nitrogens with two attached hydrogens (primary N) is 2. The molecular weight excluding hydrogens is 248 g/mol. The van der Waals surface area contributed by atoms with Gasteiger partial charge in [-0.05, 0) is 44.1 Å². The van der Waals surface area contributed by atoms with Crippen LogP contribution in [0.25, 0.3) is 0 Å². The molecule has 4 heteroatoms. The predicted octanol–water partition coefficient (Wildman–Crippen LogP) is 2.30. The van der Waals surface area contributed by atoms with E-state index < -0.39 is 0 Å². The van der Waals surface area contributed by atoms with Crippen molar-refractivity contribution in [1.29, 1.82) is 0 Å². The second-order valence-electron chi connectivity index (χ2n) is 5.69. The zero-order valence-corrected chi connectivity index (χ0v) is 11.8. The fourth-order valence-corrected chi connectivity index (χ4v) is 3.08. The Morgan fingerprint density at radius 2 is 2.10 bits per heavy atom. The molecule has 0 amide bonds. The third-order valence-corrected chi connectivity index (χ3v) is 4.03. The lowest BCUT2D eigenvalue weighted by Gasteiger charge is -2.25. The molecule has 1 atom stereocenters. The zero-order valence-electron chi connectivity index (χ0n) is 11.8. The van der Waals surface area contributed by atoms with Crippen molar-refractivity contribution < 1.29 is 0 Å². The van der Waals surface area contributed by atoms with Crippen LogP contribution in [0.4, 0.5) is 11.8 Å². The second kappa shape index (κ2) is 5.12. The maximum absolute atomic E-state index is 5.99. The highest BCUT2D eigenvalue weighted by molar-refractivity contribution is 5.47. The van der Waals surface area contributed by atoms with Crippen molar-refractivity contribution in [3.05, 3.63) is 46.6 Å². The lowest BCUT2D eigenvalue weighted by molar-refractivity contribution is 0.450. The van der Waals surface area contributed by atoms with Gasteiger partial charge in [0.1, 0.15) is 5.82 Å². The Morgan fingerprint density at radius 3 is 2.90 bits per heavy atom. The van der Waals surface area contributed by atoms with E-state index in [1.165, 1.54) is 11.1 Å². The Balaban J connectivity index is 1.79. The van der Waals surface area contributed by atoms with E-state index in [-0.39, 0.29) is 0 Å². The summed E-state index contributed by atoms with van der Waals surface area (Å²) >= 11 is 0. The number of anilines is 2. The molecule has 4 N–H and O–H groups in total. The molecule has 0 bridgehead atoms. The molecule has 104 valence electrons. The number of nitrogens with zero attached hydrogens (tertiary/aromatic N) is 2. The maximum Gasteiger partial charge on any atom is 0.222 e. The van der Waals surface area contributed by atoms with E-state index in [0.29, 0.717) is 17.7 Å². The fourth-order valence-electron chi connectivity index (χ4n) is 3.08. The Kier molecular flexibility index (Phi) is 3.30. The third-order valence-electron chi connectivity index (χ3n) is 4.03. The van der Waals surface area contributed by atoms with Crippen molar-refractivity contribution in [3.8, 4) is 0 Å². The van der Waals surface area contributed by atoms with E-state index >= 15 is 0 Å². The monoisotopic (exact) mass is 268 g/mol. The summed E-state index contributed by atoms with van der Waals surface area (Å²) in [7, 11) is 0. The van der Waals surface area contributed by atoms with Crippen LogP contribution in [-0.2, 0) is 19.3 Å². The highest BCUT2D eigenvalue weighted by atomic mass is 15.0. The van der Waals surface area contributed by atoms with Crippen LogP contribution in [0, 0.1) is 12.8 Å². The molecule has 1 aromatic carbocycles. The SMILES string of the molecule is Cc1cccc(C[C@H]2CCc3nc(N)nc(N)c3C2)c1. The highest BCUT2D eigenvalue weighted by Gasteiger charge is 2.23. The largest absolute Gasteiger partial charge is 0.383 e. The number of benzene rings is 1. The summed E-state index contributed by atoms with van der Waals surface area (Å²) in [6.45, 7) is 2.13. The number of hydrogen-bond donors (Lipinski definition) is 2. The van der Waals surface area contributed by atoms with Gasteiger partial charge in [-0.3, -0.25) is 0 Å². The summed E-state index contributed by atoms with van der Waals surface area (Å²) in [5.74, 6) is 1.46. The Hall–Kier alpha value is -2.10. The molecule has 0 saturated carbocycles. The van der Waals surface area contributed by atoms with Gasteiger partial charge in [0, 0.05) is 5.56 Å². The molecule has 2 aromatic rings. The number of hydrogen-bond acceptors (Lipinski definition) is 4. The van der Waals surface area contributed by atoms with Crippen LogP contribution in [0.3, 0.4) is 0 Å². The van der Waals surface area contributed by atoms with Crippen LogP contribution < -0.4 is 11.5 Å². The summed E-state index contributed by atoms with van der Waals surface area (Å²) in [5, 5.41) is 0. The summed E-state index contributed by atoms with van der Waals surface area (Å²) in [6, 6.07) is 8.72. The highest BCUT2D eigenvalue weighted by Crippen LogP contribution is 2.30. The first kappa shape index (κ1) is 12.9. The molecule has 0 spiro atoms. The lowest BCUT2D eigenvalue weighted by atomic mass is 9.83. The Morgan fingerprint density at radius 1 is 1.25 bits per heavy atom. The molecule has 3 rings (SSSR count). The van der Waals surface area contributed by atoms with E-state index in [1.54, 1.807) is 0 Å². The molecule has 1 heterocycles. The minimum Gasteiger partial charge on any atom is -0.383 e. The van der Waals surface area contributed by atoms with Gasteiger partial charge in [-0.15, -0.1) is 0 Å². The molecule has 0 radical (unpaired) electrons. The van der Waals surface area contributed by atoms with Crippen LogP contribution in [0.5, 0.6) is 0 Å². The summed E-state index contributed by atoms with van der Waals surface area (Å²) in [4.78, 5) is 8.40. The molecule has 4 nitrogen and oxygen atoms in total. The van der Waals surface area contributed by atoms with Crippen LogP contribution in [0.1, 0.15) is 28.8 Å². The number of aromatic nitrogens is 2. The number of rotatable bonds is 2. The van der Waals surface area contributed by atoms with Crippen LogP contribution in [-0.4, -0.2) is 9.97 Å². The second-order valence-corrected chi connectivity index (χ2v) is 5.69. The summed E-state index contributed by atoms with van der Waals surface area (Å²) in [6.07, 6.45) is 4.12. The van der Waals surface area contributed by atoms with Gasteiger partial charge in [-0.1, -0.05) is 29.8 Å². The topological polar surface area (TPSA) is 77.8 Å². The predicted molar refractivity (Wildman–Crippen MR) is 81.3 cm³/mol. The van der Waals surface area contributed by atoms with Crippen molar-refractivity contribution in [3.63, 3.8) is 0 Å². The Labute approximate surface area is 119 Å². The van der Waals surface area contributed by atoms with Gasteiger partial charge in [0.25, 0.3) is 0 Å². The summed E-state index contributed by atoms with van der Waals surface area (Å²) < 4.78 is 0. The molecule has 0 fully saturated rings. The summed E-state index contributed by atoms with van der Waals surface area (Å²) in [5.41, 5.74) is 16.5. The third kappa shape index (κ3) is 2.59. The van der Waals surface area contributed by atoms with Gasteiger partial charge < -0.3 is 11.5 Å². The first-order chi connectivity index (χ1) is 9.61. The number of aryl methyl sites for hydroxylation is 2. The van der Waals surface area contributed by atoms with Gasteiger partial charge >= 0.3 is 0 Å². The molecule has 0 unspecified atom stereocenters. The lowest BCUT2D eigenvalue weighted by Crippen LogP contribution is -2.20. The molecule has 20 heavy (non-hydrogen) atoms. The smallest absolute Gasteiger partial charge is 0.222 e. The molecule has 1 aromatic heterocycles. The molecular formula is C16H20N4. The van der Waals surface area contributed by atoms with Gasteiger partial charge in [0.2, 0.25) is 5.95 Å². The minimum atomic E-state index is 0.290. The average molecular weight is 268 g/mol. The average Bonchev–Trinajstić information content (AvgIpc) is 2.39. The fraction of sp³-hybridized carbons (Fsp3) is 0.375. The van der Waals surface area contributed by atoms with Crippen molar-refractivity contribution in [2.75, 3.05) is 11.5 Å². The van der Waals surface area contributed by atoms with Crippen LogP contribution in [0.2, 0.25) is 0 Å². The Bertz CT molecular complexity index is 636. The van der Waals surface area contributed by atoms with Crippen molar-refractivity contribution in [1.82, 2.24) is 9.97 Å². The zero-order chi connectivity index (χ0) is 14.1. The van der Waals surface area contributed by atoms with Crippen LogP contribution in [0.15, 0.2) is 24.3 Å². The quantitative estimate of drug-likeness (QED) is 0.876. The van der Waals surface area contributed by atoms with Gasteiger partial charge in [-0.25, -0.2) is 4.98 Å². The van der Waals surface area contributed by atoms with E-state index in [2.05, 4.69) is 41.2 Å². The number of nitrogen functional groups attached to an aromatic ring is 2. The normalized spacial score (nSPS) is 17.8.